The summed E-state index contributed by atoms with van der Waals surface area (Å²) in [4.78, 5) is 34.3. The van der Waals surface area contributed by atoms with Gasteiger partial charge in [-0.1, -0.05) is 0 Å². The van der Waals surface area contributed by atoms with Gasteiger partial charge >= 0.3 is 11.9 Å². The molecule has 0 bridgehead atoms. The lowest BCUT2D eigenvalue weighted by atomic mass is 10.0. The molecule has 0 heterocycles. The summed E-state index contributed by atoms with van der Waals surface area (Å²) in [7, 11) is 0. The molecule has 1 fully saturated rings. The van der Waals surface area contributed by atoms with Gasteiger partial charge in [0, 0.05) is 12.8 Å². The molecule has 1 rings (SSSR count). The van der Waals surface area contributed by atoms with E-state index in [2.05, 4.69) is 0 Å². The van der Waals surface area contributed by atoms with Crippen LogP contribution >= 0.6 is 0 Å². The molecule has 0 spiro atoms. The van der Waals surface area contributed by atoms with Crippen LogP contribution in [0.25, 0.3) is 0 Å². The SMILES string of the molecule is CCOC(=O)CC1CC(=O)C(C(=O)OCC)C1. The zero-order valence-corrected chi connectivity index (χ0v) is 10.2. The maximum atomic E-state index is 11.6. The van der Waals surface area contributed by atoms with Crippen LogP contribution < -0.4 is 0 Å². The summed E-state index contributed by atoms with van der Waals surface area (Å²) in [6.07, 6.45) is 0.869. The van der Waals surface area contributed by atoms with Gasteiger partial charge in [-0.25, -0.2) is 0 Å². The van der Waals surface area contributed by atoms with Crippen molar-refractivity contribution in [2.75, 3.05) is 13.2 Å². The first-order chi connectivity index (χ1) is 8.08. The molecular weight excluding hydrogens is 224 g/mol. The molecular formula is C12H18O5. The first-order valence-corrected chi connectivity index (χ1v) is 5.93. The van der Waals surface area contributed by atoms with Gasteiger partial charge in [0.25, 0.3) is 0 Å². The van der Waals surface area contributed by atoms with Crippen LogP contribution in [0.5, 0.6) is 0 Å². The van der Waals surface area contributed by atoms with Crippen LogP contribution in [0.15, 0.2) is 0 Å². The summed E-state index contributed by atoms with van der Waals surface area (Å²) < 4.78 is 9.64. The minimum Gasteiger partial charge on any atom is -0.466 e. The Morgan fingerprint density at radius 2 is 1.88 bits per heavy atom. The quantitative estimate of drug-likeness (QED) is 0.533. The second kappa shape index (κ2) is 6.37. The fourth-order valence-electron chi connectivity index (χ4n) is 2.06. The third-order valence-corrected chi connectivity index (χ3v) is 2.78. The van der Waals surface area contributed by atoms with Gasteiger partial charge in [-0.2, -0.15) is 0 Å². The second-order valence-corrected chi connectivity index (χ2v) is 4.09. The van der Waals surface area contributed by atoms with Crippen molar-refractivity contribution >= 4 is 17.7 Å². The highest BCUT2D eigenvalue weighted by molar-refractivity contribution is 6.00. The van der Waals surface area contributed by atoms with Crippen molar-refractivity contribution in [1.82, 2.24) is 0 Å². The molecule has 0 amide bonds. The number of carbonyl (C=O) groups is 3. The van der Waals surface area contributed by atoms with Crippen LogP contribution in [0.2, 0.25) is 0 Å². The minimum absolute atomic E-state index is 0.0871. The highest BCUT2D eigenvalue weighted by atomic mass is 16.5. The van der Waals surface area contributed by atoms with Crippen LogP contribution in [-0.2, 0) is 23.9 Å². The van der Waals surface area contributed by atoms with E-state index in [1.165, 1.54) is 0 Å². The summed E-state index contributed by atoms with van der Waals surface area (Å²) >= 11 is 0. The normalized spacial score (nSPS) is 23.5. The highest BCUT2D eigenvalue weighted by Gasteiger charge is 2.39. The van der Waals surface area contributed by atoms with Gasteiger partial charge in [0.2, 0.25) is 0 Å². The van der Waals surface area contributed by atoms with E-state index in [0.29, 0.717) is 13.0 Å². The van der Waals surface area contributed by atoms with Gasteiger partial charge in [0.1, 0.15) is 11.7 Å². The average molecular weight is 242 g/mol. The topological polar surface area (TPSA) is 69.7 Å². The fourth-order valence-corrected chi connectivity index (χ4v) is 2.06. The molecule has 0 saturated heterocycles. The first kappa shape index (κ1) is 13.7. The zero-order chi connectivity index (χ0) is 12.8. The molecule has 17 heavy (non-hydrogen) atoms. The van der Waals surface area contributed by atoms with E-state index >= 15 is 0 Å². The van der Waals surface area contributed by atoms with Crippen molar-refractivity contribution in [3.8, 4) is 0 Å². The lowest BCUT2D eigenvalue weighted by molar-refractivity contribution is -0.151. The van der Waals surface area contributed by atoms with E-state index in [9.17, 15) is 14.4 Å². The highest BCUT2D eigenvalue weighted by Crippen LogP contribution is 2.31. The molecule has 0 aromatic rings. The van der Waals surface area contributed by atoms with Crippen LogP contribution in [0.3, 0.4) is 0 Å². The number of rotatable bonds is 5. The first-order valence-electron chi connectivity index (χ1n) is 5.93. The number of ether oxygens (including phenoxy) is 2. The number of hydrogen-bond acceptors (Lipinski definition) is 5. The molecule has 5 heteroatoms. The third kappa shape index (κ3) is 3.84. The van der Waals surface area contributed by atoms with Crippen molar-refractivity contribution < 1.29 is 23.9 Å². The predicted octanol–water partition coefficient (Wildman–Crippen LogP) is 1.10. The van der Waals surface area contributed by atoms with Crippen LogP contribution in [0.1, 0.15) is 33.1 Å². The Bertz CT molecular complexity index is 310. The van der Waals surface area contributed by atoms with Crippen molar-refractivity contribution in [2.45, 2.75) is 33.1 Å². The maximum absolute atomic E-state index is 11.6. The van der Waals surface area contributed by atoms with Crippen LogP contribution in [-0.4, -0.2) is 30.9 Å². The lowest BCUT2D eigenvalue weighted by Gasteiger charge is -2.08. The maximum Gasteiger partial charge on any atom is 0.316 e. The third-order valence-electron chi connectivity index (χ3n) is 2.78. The Balaban J connectivity index is 2.46. The van der Waals surface area contributed by atoms with Gasteiger partial charge in [-0.15, -0.1) is 0 Å². The summed E-state index contributed by atoms with van der Waals surface area (Å²) in [6.45, 7) is 4.04. The van der Waals surface area contributed by atoms with E-state index in [-0.39, 0.29) is 37.1 Å². The Labute approximate surface area is 100 Å². The van der Waals surface area contributed by atoms with E-state index in [1.54, 1.807) is 13.8 Å². The standard InChI is InChI=1S/C12H18O5/c1-3-16-11(14)7-8-5-9(10(13)6-8)12(15)17-4-2/h8-9H,3-7H2,1-2H3. The second-order valence-electron chi connectivity index (χ2n) is 4.09. The van der Waals surface area contributed by atoms with Gasteiger partial charge in [0.15, 0.2) is 0 Å². The molecule has 0 radical (unpaired) electrons. The van der Waals surface area contributed by atoms with Gasteiger partial charge < -0.3 is 9.47 Å². The lowest BCUT2D eigenvalue weighted by Crippen LogP contribution is -2.21. The van der Waals surface area contributed by atoms with Crippen LogP contribution in [0, 0.1) is 11.8 Å². The number of esters is 2. The molecule has 0 aliphatic heterocycles. The molecule has 2 atom stereocenters. The predicted molar refractivity (Wildman–Crippen MR) is 59.1 cm³/mol. The molecule has 0 aromatic heterocycles. The Morgan fingerprint density at radius 3 is 2.47 bits per heavy atom. The number of Topliss-reactive ketones (excluding diaryl/α,β-unsaturated/α-hetero) is 1. The van der Waals surface area contributed by atoms with Crippen molar-refractivity contribution in [2.24, 2.45) is 11.8 Å². The number of carbonyl (C=O) groups excluding carboxylic acids is 3. The zero-order valence-electron chi connectivity index (χ0n) is 10.2. The molecule has 1 aliphatic rings. The molecule has 1 aliphatic carbocycles. The smallest absolute Gasteiger partial charge is 0.316 e. The van der Waals surface area contributed by atoms with Gasteiger partial charge in [-0.05, 0) is 26.2 Å². The molecule has 0 N–H and O–H groups in total. The Hall–Kier alpha value is -1.39. The van der Waals surface area contributed by atoms with Gasteiger partial charge in [-0.3, -0.25) is 14.4 Å². The average Bonchev–Trinajstić information content (AvgIpc) is 2.60. The van der Waals surface area contributed by atoms with Crippen molar-refractivity contribution in [3.63, 3.8) is 0 Å². The molecule has 5 nitrogen and oxygen atoms in total. The molecule has 2 unspecified atom stereocenters. The molecule has 1 saturated carbocycles. The minimum atomic E-state index is -0.686. The Kier molecular flexibility index (Phi) is 5.12. The van der Waals surface area contributed by atoms with Crippen molar-refractivity contribution in [3.05, 3.63) is 0 Å². The number of ketones is 1. The van der Waals surface area contributed by atoms with Crippen molar-refractivity contribution in [1.29, 1.82) is 0 Å². The van der Waals surface area contributed by atoms with E-state index in [0.717, 1.165) is 0 Å². The van der Waals surface area contributed by atoms with E-state index in [1.807, 2.05) is 0 Å². The fraction of sp³-hybridized carbons (Fsp3) is 0.750. The number of hydrogen-bond donors (Lipinski definition) is 0. The summed E-state index contributed by atoms with van der Waals surface area (Å²) in [5.41, 5.74) is 0. The summed E-state index contributed by atoms with van der Waals surface area (Å²) in [5.74, 6) is -1.68. The summed E-state index contributed by atoms with van der Waals surface area (Å²) in [5, 5.41) is 0. The summed E-state index contributed by atoms with van der Waals surface area (Å²) in [6, 6.07) is 0. The van der Waals surface area contributed by atoms with E-state index in [4.69, 9.17) is 9.47 Å². The Morgan fingerprint density at radius 1 is 1.24 bits per heavy atom. The largest absolute Gasteiger partial charge is 0.466 e. The monoisotopic (exact) mass is 242 g/mol. The van der Waals surface area contributed by atoms with Gasteiger partial charge in [0.05, 0.1) is 13.2 Å². The molecule has 0 aromatic carbocycles. The van der Waals surface area contributed by atoms with Crippen LogP contribution in [0.4, 0.5) is 0 Å². The van der Waals surface area contributed by atoms with E-state index < -0.39 is 11.9 Å². The molecule has 96 valence electrons.